The van der Waals surface area contributed by atoms with Crippen molar-refractivity contribution in [1.29, 1.82) is 0 Å². The van der Waals surface area contributed by atoms with Gasteiger partial charge in [-0.25, -0.2) is 14.5 Å². The molecule has 9 nitrogen and oxygen atoms in total. The van der Waals surface area contributed by atoms with Crippen LogP contribution in [0.2, 0.25) is 5.02 Å². The van der Waals surface area contributed by atoms with Gasteiger partial charge in [-0.15, -0.1) is 0 Å². The third kappa shape index (κ3) is 3.64. The highest BCUT2D eigenvalue weighted by Crippen LogP contribution is 2.39. The summed E-state index contributed by atoms with van der Waals surface area (Å²) in [6.45, 7) is 2.57. The Balaban J connectivity index is 1.50. The first-order valence-corrected chi connectivity index (χ1v) is 10.8. The number of rotatable bonds is 4. The monoisotopic (exact) mass is 464 g/mol. The molecule has 168 valence electrons. The zero-order valence-electron chi connectivity index (χ0n) is 18.3. The molecule has 4 heterocycles. The van der Waals surface area contributed by atoms with Crippen molar-refractivity contribution in [3.05, 3.63) is 64.7 Å². The van der Waals surface area contributed by atoms with Gasteiger partial charge in [0.05, 0.1) is 37.0 Å². The molecule has 1 atom stereocenters. The Morgan fingerprint density at radius 1 is 1.15 bits per heavy atom. The van der Waals surface area contributed by atoms with Crippen LogP contribution in [0.3, 0.4) is 0 Å². The van der Waals surface area contributed by atoms with Crippen LogP contribution in [0.4, 0.5) is 0 Å². The Bertz CT molecular complexity index is 1370. The van der Waals surface area contributed by atoms with Gasteiger partial charge in [-0.1, -0.05) is 29.8 Å². The number of hydrogen-bond donors (Lipinski definition) is 0. The minimum absolute atomic E-state index is 0.146. The number of amides is 1. The Morgan fingerprint density at radius 2 is 2.00 bits per heavy atom. The van der Waals surface area contributed by atoms with Crippen LogP contribution >= 0.6 is 11.6 Å². The van der Waals surface area contributed by atoms with Crippen LogP contribution in [0, 0.1) is 0 Å². The molecule has 0 saturated carbocycles. The quantitative estimate of drug-likeness (QED) is 0.455. The van der Waals surface area contributed by atoms with E-state index in [9.17, 15) is 4.79 Å². The molecular formula is C23H21ClN6O3. The lowest BCUT2D eigenvalue weighted by atomic mass is 9.87. The summed E-state index contributed by atoms with van der Waals surface area (Å²) in [4.78, 5) is 28.0. The van der Waals surface area contributed by atoms with Crippen LogP contribution in [0.5, 0.6) is 11.9 Å². The van der Waals surface area contributed by atoms with E-state index in [-0.39, 0.29) is 18.0 Å². The minimum Gasteiger partial charge on any atom is -0.480 e. The van der Waals surface area contributed by atoms with Gasteiger partial charge in [-0.05, 0) is 30.0 Å². The molecule has 0 spiro atoms. The van der Waals surface area contributed by atoms with Gasteiger partial charge < -0.3 is 14.4 Å². The van der Waals surface area contributed by atoms with Crippen molar-refractivity contribution in [3.63, 3.8) is 0 Å². The van der Waals surface area contributed by atoms with E-state index in [0.29, 0.717) is 35.2 Å². The predicted molar refractivity (Wildman–Crippen MR) is 122 cm³/mol. The second-order valence-corrected chi connectivity index (χ2v) is 8.12. The van der Waals surface area contributed by atoms with Gasteiger partial charge in [0, 0.05) is 25.0 Å². The molecule has 10 heteroatoms. The molecule has 0 N–H and O–H groups in total. The molecule has 1 aliphatic rings. The lowest BCUT2D eigenvalue weighted by Crippen LogP contribution is -2.39. The first-order valence-electron chi connectivity index (χ1n) is 10.4. The van der Waals surface area contributed by atoms with E-state index in [2.05, 4.69) is 20.1 Å². The van der Waals surface area contributed by atoms with Gasteiger partial charge in [0.15, 0.2) is 11.3 Å². The van der Waals surface area contributed by atoms with Crippen LogP contribution in [0.25, 0.3) is 16.8 Å². The lowest BCUT2D eigenvalue weighted by molar-refractivity contribution is 0.0671. The summed E-state index contributed by atoms with van der Waals surface area (Å²) in [6.07, 6.45) is 5.54. The molecule has 1 amide bonds. The molecule has 5 rings (SSSR count). The average molecular weight is 465 g/mol. The number of nitrogens with zero attached hydrogens (tertiary/aromatic N) is 6. The zero-order valence-corrected chi connectivity index (χ0v) is 19.1. The topological polar surface area (TPSA) is 94.7 Å². The zero-order chi connectivity index (χ0) is 23.1. The minimum atomic E-state index is -0.148. The number of fused-ring (bicyclic) bond motifs is 2. The molecule has 0 saturated heterocycles. The summed E-state index contributed by atoms with van der Waals surface area (Å²) in [7, 11) is 3.08. The fourth-order valence-electron chi connectivity index (χ4n) is 4.29. The summed E-state index contributed by atoms with van der Waals surface area (Å²) < 4.78 is 12.1. The van der Waals surface area contributed by atoms with Gasteiger partial charge in [0.25, 0.3) is 5.91 Å². The number of carbonyl (C=O) groups is 1. The highest BCUT2D eigenvalue weighted by atomic mass is 35.5. The lowest BCUT2D eigenvalue weighted by Gasteiger charge is -2.36. The first kappa shape index (κ1) is 21.1. The smallest absolute Gasteiger partial charge is 0.319 e. The fourth-order valence-corrected chi connectivity index (χ4v) is 4.44. The van der Waals surface area contributed by atoms with Crippen molar-refractivity contribution in [3.8, 4) is 23.0 Å². The Kier molecular flexibility index (Phi) is 5.33. The summed E-state index contributed by atoms with van der Waals surface area (Å²) in [5.41, 5.74) is 4.88. The summed E-state index contributed by atoms with van der Waals surface area (Å²) >= 11 is 6.00. The Morgan fingerprint density at radius 3 is 2.79 bits per heavy atom. The maximum atomic E-state index is 13.3. The molecule has 0 radical (unpaired) electrons. The number of halogens is 1. The van der Waals surface area contributed by atoms with Crippen molar-refractivity contribution >= 4 is 23.2 Å². The van der Waals surface area contributed by atoms with E-state index in [1.54, 1.807) is 25.6 Å². The van der Waals surface area contributed by atoms with E-state index in [4.69, 9.17) is 21.1 Å². The molecule has 33 heavy (non-hydrogen) atoms. The second kappa shape index (κ2) is 8.32. The number of aromatic nitrogens is 5. The number of hydrogen-bond acceptors (Lipinski definition) is 7. The molecule has 1 aromatic carbocycles. The molecule has 4 aromatic rings. The summed E-state index contributed by atoms with van der Waals surface area (Å²) in [5, 5.41) is 4.83. The normalized spacial score (nSPS) is 15.4. The van der Waals surface area contributed by atoms with E-state index in [0.717, 1.165) is 22.3 Å². The SMILES string of the molecule is COc1ncc(-c2cccc3c2CCN(C(=O)c2cc4ncc(Cl)cn4n2)C3C)c(OC)n1. The van der Waals surface area contributed by atoms with Crippen LogP contribution in [-0.2, 0) is 6.42 Å². The fraction of sp³-hybridized carbons (Fsp3) is 0.261. The van der Waals surface area contributed by atoms with Gasteiger partial charge in [0.2, 0.25) is 5.88 Å². The Labute approximate surface area is 195 Å². The van der Waals surface area contributed by atoms with E-state index in [1.165, 1.54) is 17.8 Å². The summed E-state index contributed by atoms with van der Waals surface area (Å²) in [6, 6.07) is 7.82. The van der Waals surface area contributed by atoms with Crippen molar-refractivity contribution < 1.29 is 14.3 Å². The van der Waals surface area contributed by atoms with Crippen LogP contribution in [-0.4, -0.2) is 56.1 Å². The maximum Gasteiger partial charge on any atom is 0.319 e. The predicted octanol–water partition coefficient (Wildman–Crippen LogP) is 3.62. The third-order valence-corrected chi connectivity index (χ3v) is 6.09. The maximum absolute atomic E-state index is 13.3. The number of methoxy groups -OCH3 is 2. The first-order chi connectivity index (χ1) is 16.0. The molecule has 1 unspecified atom stereocenters. The number of benzene rings is 1. The van der Waals surface area contributed by atoms with Gasteiger partial charge >= 0.3 is 6.01 Å². The standard InChI is InChI=1S/C23H21ClN6O3/c1-13-15-5-4-6-16(18-11-26-23(33-3)27-21(18)32-2)17(15)7-8-29(13)22(31)19-9-20-25-10-14(24)12-30(20)28-19/h4-6,9-13H,7-8H2,1-3H3. The van der Waals surface area contributed by atoms with Gasteiger partial charge in [-0.3, -0.25) is 4.79 Å². The molecule has 1 aliphatic heterocycles. The largest absolute Gasteiger partial charge is 0.480 e. The van der Waals surface area contributed by atoms with Crippen molar-refractivity contribution in [2.45, 2.75) is 19.4 Å². The highest BCUT2D eigenvalue weighted by Gasteiger charge is 2.31. The van der Waals surface area contributed by atoms with Crippen LogP contribution in [0.15, 0.2) is 42.9 Å². The van der Waals surface area contributed by atoms with E-state index < -0.39 is 0 Å². The van der Waals surface area contributed by atoms with Crippen LogP contribution in [0.1, 0.15) is 34.6 Å². The van der Waals surface area contributed by atoms with Crippen molar-refractivity contribution in [2.24, 2.45) is 0 Å². The number of ether oxygens (including phenoxy) is 2. The molecule has 0 bridgehead atoms. The van der Waals surface area contributed by atoms with Crippen LogP contribution < -0.4 is 9.47 Å². The molecule has 3 aromatic heterocycles. The van der Waals surface area contributed by atoms with E-state index >= 15 is 0 Å². The number of carbonyl (C=O) groups excluding carboxylic acids is 1. The molecule has 0 fully saturated rings. The van der Waals surface area contributed by atoms with Gasteiger partial charge in [0.1, 0.15) is 0 Å². The molecule has 0 aliphatic carbocycles. The van der Waals surface area contributed by atoms with Gasteiger partial charge in [-0.2, -0.15) is 10.1 Å². The summed E-state index contributed by atoms with van der Waals surface area (Å²) in [5.74, 6) is 0.294. The average Bonchev–Trinajstić information content (AvgIpc) is 3.26. The molecular weight excluding hydrogens is 444 g/mol. The third-order valence-electron chi connectivity index (χ3n) is 5.89. The van der Waals surface area contributed by atoms with E-state index in [1.807, 2.05) is 30.0 Å². The second-order valence-electron chi connectivity index (χ2n) is 7.68. The van der Waals surface area contributed by atoms with Crippen molar-refractivity contribution in [2.75, 3.05) is 20.8 Å². The van der Waals surface area contributed by atoms with Crippen molar-refractivity contribution in [1.82, 2.24) is 29.5 Å². The highest BCUT2D eigenvalue weighted by molar-refractivity contribution is 6.30. The Hall–Kier alpha value is -3.72.